The van der Waals surface area contributed by atoms with Gasteiger partial charge >= 0.3 is 5.69 Å². The molecule has 0 saturated carbocycles. The molecule has 2 aliphatic rings. The van der Waals surface area contributed by atoms with Gasteiger partial charge in [-0.05, 0) is 42.7 Å². The van der Waals surface area contributed by atoms with Crippen molar-refractivity contribution < 1.29 is 9.53 Å². The average Bonchev–Trinajstić information content (AvgIpc) is 3.24. The van der Waals surface area contributed by atoms with Gasteiger partial charge in [-0.15, -0.1) is 16.4 Å². The van der Waals surface area contributed by atoms with Crippen LogP contribution in [0.2, 0.25) is 0 Å². The van der Waals surface area contributed by atoms with E-state index in [2.05, 4.69) is 11.2 Å². The molecule has 0 spiro atoms. The van der Waals surface area contributed by atoms with Gasteiger partial charge < -0.3 is 10.5 Å². The van der Waals surface area contributed by atoms with Gasteiger partial charge in [-0.2, -0.15) is 0 Å². The second-order valence-electron chi connectivity index (χ2n) is 7.42. The van der Waals surface area contributed by atoms with Gasteiger partial charge in [-0.25, -0.2) is 14.0 Å². The molecule has 0 radical (unpaired) electrons. The number of primary amides is 1. The van der Waals surface area contributed by atoms with Crippen LogP contribution < -0.4 is 16.2 Å². The van der Waals surface area contributed by atoms with Crippen LogP contribution in [0, 0.1) is 0 Å². The summed E-state index contributed by atoms with van der Waals surface area (Å²) in [7, 11) is 1.64. The van der Waals surface area contributed by atoms with E-state index < -0.39 is 5.91 Å². The fourth-order valence-electron chi connectivity index (χ4n) is 3.88. The van der Waals surface area contributed by atoms with Crippen LogP contribution in [0.3, 0.4) is 0 Å². The van der Waals surface area contributed by atoms with Crippen molar-refractivity contribution in [3.05, 3.63) is 63.1 Å². The molecule has 31 heavy (non-hydrogen) atoms. The number of allylic oxidation sites excluding steroid dienone is 4. The van der Waals surface area contributed by atoms with Crippen molar-refractivity contribution in [2.75, 3.05) is 6.61 Å². The lowest BCUT2D eigenvalue weighted by Gasteiger charge is -2.12. The molecule has 3 heterocycles. The van der Waals surface area contributed by atoms with Gasteiger partial charge in [0.05, 0.1) is 22.2 Å². The highest BCUT2D eigenvalue weighted by Gasteiger charge is 2.25. The van der Waals surface area contributed by atoms with Gasteiger partial charge in [0.2, 0.25) is 5.91 Å². The van der Waals surface area contributed by atoms with Crippen LogP contribution in [0.25, 0.3) is 26.8 Å². The smallest absolute Gasteiger partial charge is 0.350 e. The summed E-state index contributed by atoms with van der Waals surface area (Å²) in [5, 5.41) is 5.06. The first-order valence-corrected chi connectivity index (χ1v) is 11.1. The van der Waals surface area contributed by atoms with Crippen LogP contribution in [0.1, 0.15) is 28.8 Å². The summed E-state index contributed by atoms with van der Waals surface area (Å²) in [6.45, 7) is 0.479. The number of halogens is 1. The first kappa shape index (κ1) is 19.8. The van der Waals surface area contributed by atoms with Gasteiger partial charge in [-0.3, -0.25) is 4.79 Å². The molecular weight excluding hydrogens is 436 g/mol. The zero-order valence-electron chi connectivity index (χ0n) is 16.7. The van der Waals surface area contributed by atoms with Crippen LogP contribution in [0.4, 0.5) is 0 Å². The molecule has 1 amide bonds. The van der Waals surface area contributed by atoms with Crippen LogP contribution >= 0.6 is 22.9 Å². The highest BCUT2D eigenvalue weighted by molar-refractivity contribution is 7.19. The molecule has 1 aromatic carbocycles. The van der Waals surface area contributed by atoms with Gasteiger partial charge in [-0.1, -0.05) is 23.8 Å². The third-order valence-electron chi connectivity index (χ3n) is 5.41. The second kappa shape index (κ2) is 7.55. The number of carbonyl (C=O) groups excluding carboxylic acids is 1. The number of hydrogen-bond donors (Lipinski definition) is 1. The zero-order chi connectivity index (χ0) is 21.7. The minimum absolute atomic E-state index is 0.242. The average molecular weight is 455 g/mol. The maximum atomic E-state index is 12.9. The van der Waals surface area contributed by atoms with Crippen LogP contribution in [-0.4, -0.2) is 26.9 Å². The number of hydrogen-bond acceptors (Lipinski definition) is 5. The number of benzene rings is 1. The molecule has 3 aromatic rings. The fraction of sp³-hybridized carbons (Fsp3) is 0.227. The largest absolute Gasteiger partial charge is 0.493 e. The van der Waals surface area contributed by atoms with Crippen molar-refractivity contribution in [2.45, 2.75) is 19.3 Å². The van der Waals surface area contributed by atoms with Crippen molar-refractivity contribution in [2.24, 2.45) is 12.8 Å². The first-order valence-electron chi connectivity index (χ1n) is 9.86. The monoisotopic (exact) mass is 454 g/mol. The summed E-state index contributed by atoms with van der Waals surface area (Å²) in [6, 6.07) is 7.29. The van der Waals surface area contributed by atoms with E-state index in [0.717, 1.165) is 33.7 Å². The normalized spacial score (nSPS) is 15.3. The van der Waals surface area contributed by atoms with Crippen molar-refractivity contribution in [3.8, 4) is 26.9 Å². The summed E-state index contributed by atoms with van der Waals surface area (Å²) in [6.07, 6.45) is 6.27. The number of aryl methyl sites for hydroxylation is 1. The Morgan fingerprint density at radius 3 is 2.84 bits per heavy atom. The molecule has 9 heteroatoms. The molecule has 0 unspecified atom stereocenters. The highest BCUT2D eigenvalue weighted by Crippen LogP contribution is 2.44. The van der Waals surface area contributed by atoms with Crippen LogP contribution in [0.5, 0.6) is 5.75 Å². The van der Waals surface area contributed by atoms with Crippen LogP contribution in [-0.2, 0) is 13.5 Å². The SMILES string of the molecule is Cn1nc(-c2cc3c(s2)-c2ccc(C(N)=O)cc2OCC3)n(C2=CCCC=C2Cl)c1=O. The molecular formula is C22H19ClN4O3S. The lowest BCUT2D eigenvalue weighted by atomic mass is 10.1. The Kier molecular flexibility index (Phi) is 4.83. The van der Waals surface area contributed by atoms with Crippen molar-refractivity contribution in [1.29, 1.82) is 0 Å². The summed E-state index contributed by atoms with van der Waals surface area (Å²) in [4.78, 5) is 26.3. The molecule has 0 atom stereocenters. The number of thiophene rings is 1. The lowest BCUT2D eigenvalue weighted by molar-refractivity contribution is 0.1000. The minimum atomic E-state index is -0.495. The van der Waals surface area contributed by atoms with Crippen LogP contribution in [0.15, 0.2) is 46.2 Å². The van der Waals surface area contributed by atoms with E-state index in [4.69, 9.17) is 22.1 Å². The number of nitrogens with two attached hydrogens (primary N) is 1. The summed E-state index contributed by atoms with van der Waals surface area (Å²) in [5.74, 6) is 0.690. The third-order valence-corrected chi connectivity index (χ3v) is 6.96. The Morgan fingerprint density at radius 1 is 1.26 bits per heavy atom. The molecule has 2 aromatic heterocycles. The fourth-order valence-corrected chi connectivity index (χ4v) is 5.36. The van der Waals surface area contributed by atoms with E-state index in [9.17, 15) is 9.59 Å². The van der Waals surface area contributed by atoms with E-state index in [1.807, 2.05) is 18.2 Å². The number of fused-ring (bicyclic) bond motifs is 3. The predicted molar refractivity (Wildman–Crippen MR) is 121 cm³/mol. The van der Waals surface area contributed by atoms with E-state index in [1.165, 1.54) is 16.0 Å². The molecule has 158 valence electrons. The Bertz CT molecular complexity index is 1350. The molecule has 2 N–H and O–H groups in total. The number of aromatic nitrogens is 3. The van der Waals surface area contributed by atoms with E-state index in [1.54, 1.807) is 23.7 Å². The summed E-state index contributed by atoms with van der Waals surface area (Å²) < 4.78 is 8.78. The number of rotatable bonds is 3. The Hall–Kier alpha value is -3.10. The molecule has 1 aliphatic carbocycles. The standard InChI is InChI=1S/C22H19ClN4O3S/c1-26-22(29)27(16-5-3-2-4-15(16)23)21(25-26)18-11-12-8-9-30-17-10-13(20(24)28)6-7-14(17)19(12)31-18/h4-7,10-11H,2-3,8-9H2,1H3,(H2,24,28). The molecule has 7 nitrogen and oxygen atoms in total. The Morgan fingerprint density at radius 2 is 2.06 bits per heavy atom. The number of ether oxygens (including phenoxy) is 1. The number of amides is 1. The quantitative estimate of drug-likeness (QED) is 0.652. The molecule has 1 aliphatic heterocycles. The topological polar surface area (TPSA) is 92.1 Å². The molecule has 0 bridgehead atoms. The van der Waals surface area contributed by atoms with Gasteiger partial charge in [0.15, 0.2) is 5.82 Å². The van der Waals surface area contributed by atoms with Gasteiger partial charge in [0.1, 0.15) is 5.75 Å². The first-order chi connectivity index (χ1) is 14.9. The van der Waals surface area contributed by atoms with Crippen molar-refractivity contribution in [1.82, 2.24) is 14.3 Å². The molecule has 5 rings (SSSR count). The molecule has 0 saturated heterocycles. The Labute approximate surface area is 187 Å². The minimum Gasteiger partial charge on any atom is -0.493 e. The van der Waals surface area contributed by atoms with E-state index in [-0.39, 0.29) is 5.69 Å². The summed E-state index contributed by atoms with van der Waals surface area (Å²) >= 11 is 7.97. The van der Waals surface area contributed by atoms with Gasteiger partial charge in [0, 0.05) is 29.5 Å². The van der Waals surface area contributed by atoms with E-state index >= 15 is 0 Å². The third kappa shape index (κ3) is 3.32. The van der Waals surface area contributed by atoms with E-state index in [0.29, 0.717) is 40.9 Å². The maximum Gasteiger partial charge on any atom is 0.350 e. The Balaban J connectivity index is 1.66. The highest BCUT2D eigenvalue weighted by atomic mass is 35.5. The predicted octanol–water partition coefficient (Wildman–Crippen LogP) is 3.77. The maximum absolute atomic E-state index is 12.9. The molecule has 0 fully saturated rings. The number of carbonyl (C=O) groups is 1. The second-order valence-corrected chi connectivity index (χ2v) is 8.88. The summed E-state index contributed by atoms with van der Waals surface area (Å²) in [5.41, 5.74) is 8.25. The zero-order valence-corrected chi connectivity index (χ0v) is 18.3. The number of nitrogens with zero attached hydrogens (tertiary/aromatic N) is 3. The van der Waals surface area contributed by atoms with Crippen molar-refractivity contribution >= 4 is 34.5 Å². The van der Waals surface area contributed by atoms with Gasteiger partial charge in [0.25, 0.3) is 0 Å². The van der Waals surface area contributed by atoms with Crippen molar-refractivity contribution in [3.63, 3.8) is 0 Å². The lowest BCUT2D eigenvalue weighted by Crippen LogP contribution is -2.23.